The number of halogens is 1. The number of carbonyl (C=O) groups is 2. The molecule has 0 unspecified atom stereocenters. The van der Waals surface area contributed by atoms with Gasteiger partial charge in [-0.1, -0.05) is 13.8 Å². The van der Waals surface area contributed by atoms with E-state index >= 15 is 0 Å². The van der Waals surface area contributed by atoms with Gasteiger partial charge in [0, 0.05) is 23.5 Å². The van der Waals surface area contributed by atoms with Gasteiger partial charge in [-0.25, -0.2) is 14.1 Å². The molecule has 2 bridgehead atoms. The fraction of sp³-hybridized carbons (Fsp3) is 0.391. The number of carbonyl (C=O) groups excluding carboxylic acids is 2. The van der Waals surface area contributed by atoms with Gasteiger partial charge in [-0.3, -0.25) is 9.59 Å². The zero-order chi connectivity index (χ0) is 22.0. The number of benzene rings is 1. The summed E-state index contributed by atoms with van der Waals surface area (Å²) in [6.07, 6.45) is 5.02. The van der Waals surface area contributed by atoms with Crippen LogP contribution in [0.3, 0.4) is 0 Å². The van der Waals surface area contributed by atoms with Gasteiger partial charge in [0.15, 0.2) is 5.65 Å². The van der Waals surface area contributed by atoms with Crippen molar-refractivity contribution in [2.24, 2.45) is 10.8 Å². The minimum absolute atomic E-state index is 0.148. The number of anilines is 1. The van der Waals surface area contributed by atoms with Crippen LogP contribution in [0.4, 0.5) is 10.1 Å². The van der Waals surface area contributed by atoms with Crippen molar-refractivity contribution in [2.75, 3.05) is 12.4 Å². The Kier molecular flexibility index (Phi) is 4.19. The van der Waals surface area contributed by atoms with Crippen molar-refractivity contribution >= 4 is 28.6 Å². The Morgan fingerprint density at radius 3 is 2.61 bits per heavy atom. The van der Waals surface area contributed by atoms with Gasteiger partial charge in [-0.15, -0.1) is 5.10 Å². The lowest BCUT2D eigenvalue weighted by Crippen LogP contribution is -2.69. The van der Waals surface area contributed by atoms with Crippen LogP contribution in [0.1, 0.15) is 44.6 Å². The van der Waals surface area contributed by atoms with Gasteiger partial charge in [0.05, 0.1) is 17.9 Å². The summed E-state index contributed by atoms with van der Waals surface area (Å²) in [5.74, 6) is -0.521. The number of esters is 1. The molecule has 0 aliphatic heterocycles. The number of aromatic nitrogens is 3. The summed E-state index contributed by atoms with van der Waals surface area (Å²) in [7, 11) is 1.37. The van der Waals surface area contributed by atoms with Crippen molar-refractivity contribution in [3.63, 3.8) is 0 Å². The number of nitrogens with one attached hydrogen (secondary N) is 1. The van der Waals surface area contributed by atoms with E-state index in [9.17, 15) is 14.0 Å². The number of pyridine rings is 1. The molecule has 6 rings (SSSR count). The van der Waals surface area contributed by atoms with Crippen molar-refractivity contribution in [3.8, 4) is 5.69 Å². The monoisotopic (exact) mass is 422 g/mol. The van der Waals surface area contributed by atoms with Crippen molar-refractivity contribution in [1.29, 1.82) is 0 Å². The average molecular weight is 422 g/mol. The summed E-state index contributed by atoms with van der Waals surface area (Å²) in [6.45, 7) is 4.16. The summed E-state index contributed by atoms with van der Waals surface area (Å²) < 4.78 is 20.9. The highest BCUT2D eigenvalue weighted by molar-refractivity contribution is 6.01. The summed E-state index contributed by atoms with van der Waals surface area (Å²) in [6, 6.07) is 6.39. The lowest BCUT2D eigenvalue weighted by molar-refractivity contribution is -0.220. The second-order valence-corrected chi connectivity index (χ2v) is 9.11. The van der Waals surface area contributed by atoms with Crippen LogP contribution in [0, 0.1) is 16.6 Å². The van der Waals surface area contributed by atoms with E-state index in [0.29, 0.717) is 36.5 Å². The van der Waals surface area contributed by atoms with Gasteiger partial charge < -0.3 is 10.1 Å². The number of fused-ring (bicyclic) bond motifs is 1. The van der Waals surface area contributed by atoms with Gasteiger partial charge in [0.1, 0.15) is 11.5 Å². The Hall–Kier alpha value is -3.29. The molecule has 7 nitrogen and oxygen atoms in total. The van der Waals surface area contributed by atoms with Crippen LogP contribution in [0.15, 0.2) is 36.7 Å². The molecule has 8 heteroatoms. The Morgan fingerprint density at radius 1 is 1.19 bits per heavy atom. The number of ether oxygens (including phenoxy) is 1. The molecule has 160 valence electrons. The van der Waals surface area contributed by atoms with Gasteiger partial charge in [0.2, 0.25) is 5.91 Å². The lowest BCUT2D eigenvalue weighted by Gasteiger charge is -2.66. The topological polar surface area (TPSA) is 86.1 Å². The lowest BCUT2D eigenvalue weighted by atomic mass is 9.35. The largest absolute Gasteiger partial charge is 0.469 e. The zero-order valence-electron chi connectivity index (χ0n) is 17.6. The number of rotatable bonds is 5. The highest BCUT2D eigenvalue weighted by atomic mass is 19.1. The third-order valence-corrected chi connectivity index (χ3v) is 6.63. The molecule has 3 saturated carbocycles. The first-order valence-corrected chi connectivity index (χ1v) is 10.3. The second kappa shape index (κ2) is 6.60. The van der Waals surface area contributed by atoms with E-state index in [1.54, 1.807) is 18.5 Å². The molecule has 1 amide bonds. The molecule has 1 aromatic carbocycles. The predicted octanol–water partition coefficient (Wildman–Crippen LogP) is 3.96. The number of hydrogen-bond donors (Lipinski definition) is 1. The van der Waals surface area contributed by atoms with Gasteiger partial charge in [-0.05, 0) is 55.0 Å². The highest BCUT2D eigenvalue weighted by Crippen LogP contribution is 2.73. The Bertz CT molecular complexity index is 1210. The van der Waals surface area contributed by atoms with Crippen LogP contribution in [0.2, 0.25) is 0 Å². The third-order valence-electron chi connectivity index (χ3n) is 6.63. The normalized spacial score (nSPS) is 23.9. The van der Waals surface area contributed by atoms with Crippen molar-refractivity contribution in [3.05, 3.63) is 48.0 Å². The first kappa shape index (κ1) is 19.7. The molecule has 1 N–H and O–H groups in total. The predicted molar refractivity (Wildman–Crippen MR) is 112 cm³/mol. The molecule has 3 aliphatic carbocycles. The molecule has 2 heterocycles. The first-order chi connectivity index (χ1) is 14.7. The molecule has 0 spiro atoms. The molecule has 0 saturated heterocycles. The van der Waals surface area contributed by atoms with Gasteiger partial charge in [0.25, 0.3) is 0 Å². The number of hydrogen-bond acceptors (Lipinski definition) is 5. The van der Waals surface area contributed by atoms with Crippen LogP contribution >= 0.6 is 0 Å². The Labute approximate surface area is 178 Å². The smallest absolute Gasteiger partial charge is 0.311 e. The molecule has 0 radical (unpaired) electrons. The van der Waals surface area contributed by atoms with E-state index in [2.05, 4.69) is 29.2 Å². The molecule has 2 aromatic heterocycles. The van der Waals surface area contributed by atoms with Crippen LogP contribution in [0.5, 0.6) is 0 Å². The molecule has 3 fully saturated rings. The quantitative estimate of drug-likeness (QED) is 0.629. The van der Waals surface area contributed by atoms with E-state index in [-0.39, 0.29) is 17.6 Å². The first-order valence-electron chi connectivity index (χ1n) is 10.3. The van der Waals surface area contributed by atoms with Crippen LogP contribution < -0.4 is 5.32 Å². The fourth-order valence-electron chi connectivity index (χ4n) is 4.86. The molecular formula is C23H23FN4O3. The van der Waals surface area contributed by atoms with Crippen molar-refractivity contribution < 1.29 is 18.7 Å². The molecule has 3 aromatic rings. The summed E-state index contributed by atoms with van der Waals surface area (Å²) in [5.41, 5.74) is 1.30. The average Bonchev–Trinajstić information content (AvgIpc) is 3.10. The van der Waals surface area contributed by atoms with E-state index in [4.69, 9.17) is 4.74 Å². The summed E-state index contributed by atoms with van der Waals surface area (Å²) in [4.78, 5) is 29.0. The molecule has 31 heavy (non-hydrogen) atoms. The standard InChI is InChI=1S/C23H23FN4O3/c1-13(2)14-6-15-9-28(27-19(15)25-8-14)18-7-16(4-5-17(18)24)26-20(29)22-10-23(11-22,12-22)21(30)31-3/h4-9,13H,10-12H2,1-3H3,(H,26,29). The van der Waals surface area contributed by atoms with Crippen LogP contribution in [-0.4, -0.2) is 33.8 Å². The van der Waals surface area contributed by atoms with E-state index in [0.717, 1.165) is 10.9 Å². The highest BCUT2D eigenvalue weighted by Gasteiger charge is 2.75. The minimum atomic E-state index is -0.527. The maximum atomic E-state index is 14.6. The minimum Gasteiger partial charge on any atom is -0.469 e. The van der Waals surface area contributed by atoms with E-state index in [1.807, 2.05) is 6.07 Å². The number of methoxy groups -OCH3 is 1. The summed E-state index contributed by atoms with van der Waals surface area (Å²) >= 11 is 0. The van der Waals surface area contributed by atoms with Gasteiger partial charge >= 0.3 is 5.97 Å². The SMILES string of the molecule is COC(=O)C12CC(C(=O)Nc3ccc(F)c(-n4cc5cc(C(C)C)cnc5n4)c3)(C1)C2. The maximum absolute atomic E-state index is 14.6. The van der Waals surface area contributed by atoms with Gasteiger partial charge in [-0.2, -0.15) is 0 Å². The van der Waals surface area contributed by atoms with E-state index < -0.39 is 16.6 Å². The molecular weight excluding hydrogens is 399 g/mol. The zero-order valence-corrected chi connectivity index (χ0v) is 17.6. The van der Waals surface area contributed by atoms with Crippen LogP contribution in [-0.2, 0) is 14.3 Å². The fourth-order valence-corrected chi connectivity index (χ4v) is 4.86. The maximum Gasteiger partial charge on any atom is 0.311 e. The Balaban J connectivity index is 1.37. The number of amides is 1. The summed E-state index contributed by atoms with van der Waals surface area (Å²) in [5, 5.41) is 8.09. The third kappa shape index (κ3) is 2.92. The van der Waals surface area contributed by atoms with Crippen LogP contribution in [0.25, 0.3) is 16.7 Å². The van der Waals surface area contributed by atoms with E-state index in [1.165, 1.54) is 23.9 Å². The molecule has 3 aliphatic rings. The van der Waals surface area contributed by atoms with Crippen molar-refractivity contribution in [2.45, 2.75) is 39.0 Å². The molecule has 0 atom stereocenters. The Morgan fingerprint density at radius 2 is 1.94 bits per heavy atom. The van der Waals surface area contributed by atoms with Crippen molar-refractivity contribution in [1.82, 2.24) is 14.8 Å². The second-order valence-electron chi connectivity index (χ2n) is 9.11. The number of nitrogens with zero attached hydrogens (tertiary/aromatic N) is 3.